The van der Waals surface area contributed by atoms with Gasteiger partial charge in [0.25, 0.3) is 0 Å². The van der Waals surface area contributed by atoms with Crippen LogP contribution in [-0.2, 0) is 0 Å². The molecule has 0 aliphatic carbocycles. The number of hydrogen-bond donors (Lipinski definition) is 0. The smallest absolute Gasteiger partial charge is 0.150 e. The van der Waals surface area contributed by atoms with Crippen LogP contribution in [0.2, 0.25) is 0 Å². The summed E-state index contributed by atoms with van der Waals surface area (Å²) in [6, 6.07) is 11.9. The van der Waals surface area contributed by atoms with Gasteiger partial charge >= 0.3 is 0 Å². The highest BCUT2D eigenvalue weighted by Gasteiger charge is 2.29. The first-order valence-corrected chi connectivity index (χ1v) is 7.43. The summed E-state index contributed by atoms with van der Waals surface area (Å²) in [7, 11) is 7.00. The molecule has 3 rings (SSSR count). The molecule has 1 atom stereocenters. The molecule has 0 spiro atoms. The van der Waals surface area contributed by atoms with Gasteiger partial charge in [0, 0.05) is 19.2 Å². The number of benzene rings is 2. The van der Waals surface area contributed by atoms with Crippen molar-refractivity contribution in [3.63, 3.8) is 0 Å². The molecule has 1 aliphatic rings. The zero-order chi connectivity index (χ0) is 16.4. The monoisotopic (exact) mass is 315 g/mol. The lowest BCUT2D eigenvalue weighted by Gasteiger charge is -2.37. The summed E-state index contributed by atoms with van der Waals surface area (Å²) < 4.78 is 22.0. The first kappa shape index (κ1) is 15.3. The van der Waals surface area contributed by atoms with Crippen molar-refractivity contribution in [3.8, 4) is 23.0 Å². The summed E-state index contributed by atoms with van der Waals surface area (Å²) in [6.07, 6.45) is 0. The van der Waals surface area contributed by atoms with Crippen LogP contribution in [-0.4, -0.2) is 35.0 Å². The van der Waals surface area contributed by atoms with E-state index in [1.165, 1.54) is 0 Å². The fourth-order valence-corrected chi connectivity index (χ4v) is 2.87. The normalized spacial score (nSPS) is 16.3. The molecule has 0 radical (unpaired) electrons. The maximum absolute atomic E-state index is 5.97. The van der Waals surface area contributed by atoms with Gasteiger partial charge in [-0.05, 0) is 17.7 Å². The number of hydrogen-bond acceptors (Lipinski definition) is 5. The Balaban J connectivity index is 1.97. The average molecular weight is 315 g/mol. The van der Waals surface area contributed by atoms with E-state index in [1.54, 1.807) is 21.3 Å². The zero-order valence-corrected chi connectivity index (χ0v) is 13.8. The van der Waals surface area contributed by atoms with Crippen LogP contribution in [0.15, 0.2) is 36.4 Å². The largest absolute Gasteiger partial charge is 0.497 e. The van der Waals surface area contributed by atoms with Crippen LogP contribution in [0.5, 0.6) is 23.0 Å². The average Bonchev–Trinajstić information content (AvgIpc) is 2.61. The molecule has 0 bridgehead atoms. The second-order valence-corrected chi connectivity index (χ2v) is 5.39. The molecular weight excluding hydrogens is 294 g/mol. The maximum atomic E-state index is 5.97. The van der Waals surface area contributed by atoms with Crippen LogP contribution in [0.1, 0.15) is 11.6 Å². The van der Waals surface area contributed by atoms with Crippen molar-refractivity contribution >= 4 is 5.69 Å². The number of fused-ring (bicyclic) bond motifs is 1. The number of methoxy groups -OCH3 is 3. The summed E-state index contributed by atoms with van der Waals surface area (Å²) in [5, 5.41) is 0. The van der Waals surface area contributed by atoms with Crippen molar-refractivity contribution in [3.05, 3.63) is 42.0 Å². The second kappa shape index (κ2) is 6.28. The molecule has 122 valence electrons. The van der Waals surface area contributed by atoms with Crippen molar-refractivity contribution in [2.75, 3.05) is 39.9 Å². The van der Waals surface area contributed by atoms with E-state index in [9.17, 15) is 0 Å². The van der Waals surface area contributed by atoms with Crippen molar-refractivity contribution in [1.82, 2.24) is 0 Å². The molecule has 0 fully saturated rings. The van der Waals surface area contributed by atoms with E-state index in [2.05, 4.69) is 17.0 Å². The molecule has 1 aliphatic heterocycles. The zero-order valence-electron chi connectivity index (χ0n) is 13.8. The molecule has 23 heavy (non-hydrogen) atoms. The van der Waals surface area contributed by atoms with Gasteiger partial charge in [-0.3, -0.25) is 0 Å². The maximum Gasteiger partial charge on any atom is 0.150 e. The molecule has 0 saturated heterocycles. The molecule has 2 aromatic rings. The highest BCUT2D eigenvalue weighted by atomic mass is 16.5. The third-order valence-electron chi connectivity index (χ3n) is 4.19. The van der Waals surface area contributed by atoms with E-state index >= 15 is 0 Å². The Morgan fingerprint density at radius 2 is 1.65 bits per heavy atom. The van der Waals surface area contributed by atoms with Crippen LogP contribution in [0.3, 0.4) is 0 Å². The third kappa shape index (κ3) is 2.74. The molecule has 0 aromatic heterocycles. The topological polar surface area (TPSA) is 40.2 Å². The van der Waals surface area contributed by atoms with Gasteiger partial charge in [0.2, 0.25) is 0 Å². The Hall–Kier alpha value is -2.56. The Morgan fingerprint density at radius 1 is 0.957 bits per heavy atom. The standard InChI is InChI=1S/C18H21NO4/c1-19-15(12-5-7-13(20-2)8-6-12)11-23-17-10-14(21-3)9-16(22-4)18(17)19/h5-10,15H,11H2,1-4H3. The van der Waals surface area contributed by atoms with Gasteiger partial charge < -0.3 is 23.8 Å². The fourth-order valence-electron chi connectivity index (χ4n) is 2.87. The van der Waals surface area contributed by atoms with Gasteiger partial charge in [-0.1, -0.05) is 12.1 Å². The summed E-state index contributed by atoms with van der Waals surface area (Å²) >= 11 is 0. The summed E-state index contributed by atoms with van der Waals surface area (Å²) in [5.41, 5.74) is 2.09. The van der Waals surface area contributed by atoms with Gasteiger partial charge in [0.1, 0.15) is 35.3 Å². The van der Waals surface area contributed by atoms with E-state index in [1.807, 2.05) is 31.3 Å². The quantitative estimate of drug-likeness (QED) is 0.866. The second-order valence-electron chi connectivity index (χ2n) is 5.39. The lowest BCUT2D eigenvalue weighted by atomic mass is 10.0. The summed E-state index contributed by atoms with van der Waals surface area (Å²) in [6.45, 7) is 0.562. The third-order valence-corrected chi connectivity index (χ3v) is 4.19. The van der Waals surface area contributed by atoms with E-state index in [0.717, 1.165) is 34.2 Å². The number of rotatable bonds is 4. The Bertz CT molecular complexity index is 667. The van der Waals surface area contributed by atoms with Crippen molar-refractivity contribution in [1.29, 1.82) is 0 Å². The molecule has 5 nitrogen and oxygen atoms in total. The van der Waals surface area contributed by atoms with E-state index in [4.69, 9.17) is 18.9 Å². The number of nitrogens with zero attached hydrogens (tertiary/aromatic N) is 1. The Labute approximate surface area is 136 Å². The van der Waals surface area contributed by atoms with Crippen LogP contribution in [0, 0.1) is 0 Å². The first-order valence-electron chi connectivity index (χ1n) is 7.43. The highest BCUT2D eigenvalue weighted by Crippen LogP contribution is 2.47. The molecule has 2 aromatic carbocycles. The Morgan fingerprint density at radius 3 is 2.26 bits per heavy atom. The number of ether oxygens (including phenoxy) is 4. The molecule has 0 N–H and O–H groups in total. The molecule has 5 heteroatoms. The SMILES string of the molecule is COc1ccc(C2COc3cc(OC)cc(OC)c3N2C)cc1. The lowest BCUT2D eigenvalue weighted by molar-refractivity contribution is 0.263. The number of anilines is 1. The molecule has 1 heterocycles. The fraction of sp³-hybridized carbons (Fsp3) is 0.333. The minimum atomic E-state index is 0.107. The molecule has 0 saturated carbocycles. The van der Waals surface area contributed by atoms with Crippen LogP contribution in [0.25, 0.3) is 0 Å². The lowest BCUT2D eigenvalue weighted by Crippen LogP contribution is -2.33. The highest BCUT2D eigenvalue weighted by molar-refractivity contribution is 5.71. The van der Waals surface area contributed by atoms with Crippen LogP contribution in [0.4, 0.5) is 5.69 Å². The Kier molecular flexibility index (Phi) is 4.19. The van der Waals surface area contributed by atoms with Gasteiger partial charge in [0.15, 0.2) is 0 Å². The first-order chi connectivity index (χ1) is 11.2. The van der Waals surface area contributed by atoms with Crippen molar-refractivity contribution < 1.29 is 18.9 Å². The van der Waals surface area contributed by atoms with E-state index < -0.39 is 0 Å². The van der Waals surface area contributed by atoms with Gasteiger partial charge in [-0.15, -0.1) is 0 Å². The van der Waals surface area contributed by atoms with Crippen LogP contribution >= 0.6 is 0 Å². The van der Waals surface area contributed by atoms with Crippen molar-refractivity contribution in [2.24, 2.45) is 0 Å². The number of likely N-dealkylation sites (N-methyl/N-ethyl adjacent to an activating group) is 1. The molecule has 1 unspecified atom stereocenters. The predicted molar refractivity (Wildman–Crippen MR) is 89.2 cm³/mol. The van der Waals surface area contributed by atoms with E-state index in [-0.39, 0.29) is 6.04 Å². The van der Waals surface area contributed by atoms with Gasteiger partial charge in [-0.2, -0.15) is 0 Å². The summed E-state index contributed by atoms with van der Waals surface area (Å²) in [5.74, 6) is 3.07. The minimum Gasteiger partial charge on any atom is -0.497 e. The predicted octanol–water partition coefficient (Wildman–Crippen LogP) is 3.28. The van der Waals surface area contributed by atoms with Gasteiger partial charge in [-0.25, -0.2) is 0 Å². The minimum absolute atomic E-state index is 0.107. The van der Waals surface area contributed by atoms with Crippen LogP contribution < -0.4 is 23.8 Å². The van der Waals surface area contributed by atoms with E-state index in [0.29, 0.717) is 6.61 Å². The van der Waals surface area contributed by atoms with Crippen molar-refractivity contribution in [2.45, 2.75) is 6.04 Å². The van der Waals surface area contributed by atoms with Gasteiger partial charge in [0.05, 0.1) is 27.4 Å². The summed E-state index contributed by atoms with van der Waals surface area (Å²) in [4.78, 5) is 2.18. The molecule has 0 amide bonds. The molecular formula is C18H21NO4.